The Kier molecular flexibility index (Phi) is 9.62. The van der Waals surface area contributed by atoms with Gasteiger partial charge < -0.3 is 18.9 Å². The Hall–Kier alpha value is -1.77. The van der Waals surface area contributed by atoms with Crippen LogP contribution in [0.3, 0.4) is 0 Å². The molecule has 0 bridgehead atoms. The maximum atomic E-state index is 11.7. The van der Waals surface area contributed by atoms with Gasteiger partial charge in [-0.15, -0.1) is 0 Å². The molecule has 0 aliphatic carbocycles. The Morgan fingerprint density at radius 3 is 2.15 bits per heavy atom. The van der Waals surface area contributed by atoms with Gasteiger partial charge in [-0.2, -0.15) is 11.8 Å². The molecule has 0 aromatic heterocycles. The van der Waals surface area contributed by atoms with Crippen LogP contribution in [0.1, 0.15) is 41.0 Å². The van der Waals surface area contributed by atoms with Crippen molar-refractivity contribution in [1.82, 2.24) is 0 Å². The maximum Gasteiger partial charge on any atom is 0.303 e. The van der Waals surface area contributed by atoms with Gasteiger partial charge in [0.15, 0.2) is 0 Å². The number of hydrogen-bond donors (Lipinski definition) is 0. The molecule has 1 aliphatic heterocycles. The summed E-state index contributed by atoms with van der Waals surface area (Å²) in [5.74, 6) is -1.35. The van der Waals surface area contributed by atoms with Crippen molar-refractivity contribution >= 4 is 36.1 Å². The van der Waals surface area contributed by atoms with Crippen molar-refractivity contribution in [3.63, 3.8) is 0 Å². The molecule has 6 unspecified atom stereocenters. The fourth-order valence-corrected chi connectivity index (χ4v) is 4.57. The van der Waals surface area contributed by atoms with Crippen molar-refractivity contribution in [3.8, 4) is 0 Å². The van der Waals surface area contributed by atoms with E-state index < -0.39 is 30.1 Å². The summed E-state index contributed by atoms with van der Waals surface area (Å²) < 4.78 is 21.1. The molecule has 0 saturated carbocycles. The molecule has 8 nitrogen and oxygen atoms in total. The first kappa shape index (κ1) is 23.3. The van der Waals surface area contributed by atoms with E-state index in [0.717, 1.165) is 0 Å². The summed E-state index contributed by atoms with van der Waals surface area (Å²) in [5.41, 5.74) is 0. The van der Waals surface area contributed by atoms with Gasteiger partial charge in [-0.1, -0.05) is 13.8 Å². The average molecular weight is 404 g/mol. The molecule has 9 heteroatoms. The van der Waals surface area contributed by atoms with Crippen molar-refractivity contribution < 1.29 is 38.1 Å². The highest BCUT2D eigenvalue weighted by Crippen LogP contribution is 2.38. The Bertz CT molecular complexity index is 537. The smallest absolute Gasteiger partial charge is 0.303 e. The number of rotatable bonds is 10. The summed E-state index contributed by atoms with van der Waals surface area (Å²) in [7, 11) is 0. The number of carbonyl (C=O) groups is 4. The summed E-state index contributed by atoms with van der Waals surface area (Å²) in [6.45, 7) is 8.00. The van der Waals surface area contributed by atoms with Gasteiger partial charge in [0.25, 0.3) is 6.47 Å². The minimum atomic E-state index is -0.771. The Morgan fingerprint density at radius 2 is 1.63 bits per heavy atom. The van der Waals surface area contributed by atoms with Crippen LogP contribution < -0.4 is 0 Å². The molecule has 1 aliphatic rings. The maximum absolute atomic E-state index is 11.7. The summed E-state index contributed by atoms with van der Waals surface area (Å²) >= 11 is 1.62. The third kappa shape index (κ3) is 7.78. The molecular weight excluding hydrogens is 376 g/mol. The van der Waals surface area contributed by atoms with Gasteiger partial charge in [-0.25, -0.2) is 0 Å². The highest BCUT2D eigenvalue weighted by atomic mass is 32.2. The Labute approximate surface area is 163 Å². The number of hydrogen-bond acceptors (Lipinski definition) is 9. The van der Waals surface area contributed by atoms with Gasteiger partial charge in [0.2, 0.25) is 0 Å². The summed E-state index contributed by atoms with van der Waals surface area (Å²) in [4.78, 5) is 45.0. The monoisotopic (exact) mass is 404 g/mol. The van der Waals surface area contributed by atoms with Gasteiger partial charge >= 0.3 is 17.9 Å². The molecule has 0 N–H and O–H groups in total. The molecule has 0 aromatic carbocycles. The van der Waals surface area contributed by atoms with E-state index in [0.29, 0.717) is 18.6 Å². The van der Waals surface area contributed by atoms with Crippen LogP contribution in [0.15, 0.2) is 0 Å². The first-order chi connectivity index (χ1) is 12.6. The van der Waals surface area contributed by atoms with E-state index in [2.05, 4.69) is 0 Å². The van der Waals surface area contributed by atoms with Gasteiger partial charge in [0.1, 0.15) is 18.3 Å². The summed E-state index contributed by atoms with van der Waals surface area (Å²) in [5, 5.41) is 0.0540. The summed E-state index contributed by atoms with van der Waals surface area (Å²) in [6, 6.07) is 0. The second-order valence-electron chi connectivity index (χ2n) is 6.75. The van der Waals surface area contributed by atoms with E-state index >= 15 is 0 Å². The van der Waals surface area contributed by atoms with Crippen LogP contribution in [0.5, 0.6) is 0 Å². The molecule has 27 heavy (non-hydrogen) atoms. The molecule has 0 amide bonds. The third-order valence-electron chi connectivity index (χ3n) is 4.38. The van der Waals surface area contributed by atoms with E-state index in [9.17, 15) is 19.2 Å². The van der Waals surface area contributed by atoms with Gasteiger partial charge in [-0.3, -0.25) is 19.2 Å². The van der Waals surface area contributed by atoms with Crippen molar-refractivity contribution in [1.29, 1.82) is 0 Å². The van der Waals surface area contributed by atoms with E-state index in [4.69, 9.17) is 18.9 Å². The first-order valence-electron chi connectivity index (χ1n) is 8.84. The highest BCUT2D eigenvalue weighted by molar-refractivity contribution is 8.00. The molecule has 1 rings (SSSR count). The van der Waals surface area contributed by atoms with Crippen molar-refractivity contribution in [2.24, 2.45) is 11.8 Å². The van der Waals surface area contributed by atoms with Crippen LogP contribution in [0.2, 0.25) is 0 Å². The zero-order chi connectivity index (χ0) is 20.6. The third-order valence-corrected chi connectivity index (χ3v) is 6.00. The van der Waals surface area contributed by atoms with Crippen LogP contribution in [-0.2, 0) is 38.1 Å². The predicted octanol–water partition coefficient (Wildman–Crippen LogP) is 1.73. The number of thioether (sulfide) groups is 1. The van der Waals surface area contributed by atoms with Crippen molar-refractivity contribution in [2.45, 2.75) is 64.6 Å². The van der Waals surface area contributed by atoms with E-state index in [-0.39, 0.29) is 29.8 Å². The second-order valence-corrected chi connectivity index (χ2v) is 8.02. The lowest BCUT2D eigenvalue weighted by Gasteiger charge is -2.36. The molecule has 1 saturated heterocycles. The van der Waals surface area contributed by atoms with E-state index in [1.54, 1.807) is 18.7 Å². The molecule has 154 valence electrons. The van der Waals surface area contributed by atoms with Crippen LogP contribution in [0.25, 0.3) is 0 Å². The lowest BCUT2D eigenvalue weighted by molar-refractivity contribution is -0.177. The number of carbonyl (C=O) groups excluding carboxylic acids is 4. The predicted molar refractivity (Wildman–Crippen MR) is 97.9 cm³/mol. The minimum absolute atomic E-state index is 0.0342. The Balaban J connectivity index is 2.99. The SMILES string of the molecule is CC(=O)OCC(C)C(OC(C)=O)C(OC(C)=O)C(C)C1CC(OC=O)CS1. The van der Waals surface area contributed by atoms with Gasteiger partial charge in [0.05, 0.1) is 6.61 Å². The largest absolute Gasteiger partial charge is 0.465 e. The molecule has 1 heterocycles. The molecule has 0 aromatic rings. The number of ether oxygens (including phenoxy) is 4. The lowest BCUT2D eigenvalue weighted by Crippen LogP contribution is -2.46. The zero-order valence-electron chi connectivity index (χ0n) is 16.3. The zero-order valence-corrected chi connectivity index (χ0v) is 17.2. The molecular formula is C18H28O8S. The van der Waals surface area contributed by atoms with Gasteiger partial charge in [-0.05, 0) is 6.42 Å². The second kappa shape index (κ2) is 11.2. The topological polar surface area (TPSA) is 105 Å². The minimum Gasteiger partial charge on any atom is -0.465 e. The molecule has 0 radical (unpaired) electrons. The van der Waals surface area contributed by atoms with Crippen LogP contribution in [-0.4, -0.2) is 60.3 Å². The van der Waals surface area contributed by atoms with E-state index in [1.807, 2.05) is 6.92 Å². The first-order valence-corrected chi connectivity index (χ1v) is 9.89. The fourth-order valence-electron chi connectivity index (χ4n) is 3.09. The normalized spacial score (nSPS) is 23.4. The van der Waals surface area contributed by atoms with Crippen molar-refractivity contribution in [2.75, 3.05) is 12.4 Å². The van der Waals surface area contributed by atoms with Crippen LogP contribution in [0, 0.1) is 11.8 Å². The quantitative estimate of drug-likeness (QED) is 0.306. The fraction of sp³-hybridized carbons (Fsp3) is 0.778. The highest BCUT2D eigenvalue weighted by Gasteiger charge is 2.42. The van der Waals surface area contributed by atoms with Crippen LogP contribution in [0.4, 0.5) is 0 Å². The number of esters is 3. The summed E-state index contributed by atoms with van der Waals surface area (Å²) in [6.07, 6.45) is -1.06. The van der Waals surface area contributed by atoms with E-state index in [1.165, 1.54) is 20.8 Å². The lowest BCUT2D eigenvalue weighted by atomic mass is 9.88. The van der Waals surface area contributed by atoms with Crippen molar-refractivity contribution in [3.05, 3.63) is 0 Å². The Morgan fingerprint density at radius 1 is 1.04 bits per heavy atom. The van der Waals surface area contributed by atoms with Crippen LogP contribution >= 0.6 is 11.8 Å². The molecule has 1 fully saturated rings. The molecule has 0 spiro atoms. The van der Waals surface area contributed by atoms with Gasteiger partial charge in [0, 0.05) is 43.6 Å². The standard InChI is InChI=1S/C18H28O8S/c1-10(7-23-12(3)20)17(25-13(4)21)18(26-14(5)22)11(2)16-6-15(8-27-16)24-9-19/h9-11,15-18H,6-8H2,1-5H3. The molecule has 6 atom stereocenters. The average Bonchev–Trinajstić information content (AvgIpc) is 3.03.